The van der Waals surface area contributed by atoms with Gasteiger partial charge in [-0.25, -0.2) is 4.79 Å². The fourth-order valence-electron chi connectivity index (χ4n) is 1.25. The summed E-state index contributed by atoms with van der Waals surface area (Å²) < 4.78 is 0. The van der Waals surface area contributed by atoms with E-state index in [4.69, 9.17) is 20.4 Å². The molecule has 5 heteroatoms. The number of rotatable bonds is 6. The van der Waals surface area contributed by atoms with Crippen molar-refractivity contribution in [1.82, 2.24) is 0 Å². The Balaban J connectivity index is 0.000000370. The van der Waals surface area contributed by atoms with Crippen LogP contribution in [0.5, 0.6) is 0 Å². The largest absolute Gasteiger partial charge is 0.478 e. The van der Waals surface area contributed by atoms with Crippen LogP contribution >= 0.6 is 0 Å². The SMILES string of the molecule is C=C(C(=O)O)c1ccccc1.CCC(CO)(CO)CO. The van der Waals surface area contributed by atoms with Gasteiger partial charge in [-0.05, 0) is 12.0 Å². The van der Waals surface area contributed by atoms with Crippen LogP contribution in [0.3, 0.4) is 0 Å². The Labute approximate surface area is 118 Å². The molecule has 0 saturated heterocycles. The van der Waals surface area contributed by atoms with Crippen LogP contribution in [0.4, 0.5) is 0 Å². The molecule has 0 amide bonds. The van der Waals surface area contributed by atoms with Crippen molar-refractivity contribution in [3.05, 3.63) is 42.5 Å². The number of carboxylic acids is 1. The highest BCUT2D eigenvalue weighted by molar-refractivity contribution is 6.14. The molecule has 5 nitrogen and oxygen atoms in total. The Kier molecular flexibility index (Phi) is 8.47. The van der Waals surface area contributed by atoms with Crippen molar-refractivity contribution >= 4 is 11.5 Å². The lowest BCUT2D eigenvalue weighted by atomic mass is 9.88. The smallest absolute Gasteiger partial charge is 0.335 e. The Bertz CT molecular complexity index is 392. The van der Waals surface area contributed by atoms with Crippen LogP contribution in [0.15, 0.2) is 36.9 Å². The van der Waals surface area contributed by atoms with Gasteiger partial charge < -0.3 is 20.4 Å². The van der Waals surface area contributed by atoms with Gasteiger partial charge in [-0.1, -0.05) is 43.8 Å². The molecule has 0 saturated carbocycles. The number of benzene rings is 1. The third-order valence-corrected chi connectivity index (χ3v) is 3.14. The molecule has 0 aliphatic rings. The molecular formula is C15H22O5. The van der Waals surface area contributed by atoms with E-state index in [1.54, 1.807) is 24.3 Å². The Hall–Kier alpha value is -1.69. The lowest BCUT2D eigenvalue weighted by Crippen LogP contribution is -2.32. The Morgan fingerprint density at radius 3 is 1.80 bits per heavy atom. The molecule has 0 heterocycles. The highest BCUT2D eigenvalue weighted by Gasteiger charge is 2.24. The summed E-state index contributed by atoms with van der Waals surface area (Å²) in [7, 11) is 0. The molecule has 0 aliphatic heterocycles. The first-order valence-corrected chi connectivity index (χ1v) is 6.26. The third-order valence-electron chi connectivity index (χ3n) is 3.14. The molecular weight excluding hydrogens is 260 g/mol. The van der Waals surface area contributed by atoms with Gasteiger partial charge in [-0.3, -0.25) is 0 Å². The third kappa shape index (κ3) is 5.52. The lowest BCUT2D eigenvalue weighted by molar-refractivity contribution is -0.130. The van der Waals surface area contributed by atoms with Crippen molar-refractivity contribution in [2.45, 2.75) is 13.3 Å². The number of hydrogen-bond donors (Lipinski definition) is 4. The van der Waals surface area contributed by atoms with Crippen LogP contribution in [0.1, 0.15) is 18.9 Å². The number of carbonyl (C=O) groups is 1. The first-order valence-electron chi connectivity index (χ1n) is 6.26. The normalized spacial score (nSPS) is 10.4. The zero-order valence-electron chi connectivity index (χ0n) is 11.6. The lowest BCUT2D eigenvalue weighted by Gasteiger charge is -2.24. The van der Waals surface area contributed by atoms with E-state index in [1.807, 2.05) is 13.0 Å². The minimum Gasteiger partial charge on any atom is -0.478 e. The molecule has 0 fully saturated rings. The maximum absolute atomic E-state index is 10.4. The number of aliphatic carboxylic acids is 1. The summed E-state index contributed by atoms with van der Waals surface area (Å²) in [5, 5.41) is 34.5. The molecule has 1 aromatic rings. The molecule has 4 N–H and O–H groups in total. The fourth-order valence-corrected chi connectivity index (χ4v) is 1.25. The van der Waals surface area contributed by atoms with Crippen LogP contribution in [0, 0.1) is 5.41 Å². The summed E-state index contributed by atoms with van der Waals surface area (Å²) in [6.45, 7) is 4.78. The maximum atomic E-state index is 10.4. The predicted molar refractivity (Wildman–Crippen MR) is 77.1 cm³/mol. The van der Waals surface area contributed by atoms with Crippen molar-refractivity contribution in [2.75, 3.05) is 19.8 Å². The minimum atomic E-state index is -0.976. The van der Waals surface area contributed by atoms with Gasteiger partial charge in [0, 0.05) is 5.41 Å². The molecule has 20 heavy (non-hydrogen) atoms. The predicted octanol–water partition coefficient (Wildman–Crippen LogP) is 1.14. The van der Waals surface area contributed by atoms with E-state index in [2.05, 4.69) is 6.58 Å². The molecule has 0 aliphatic carbocycles. The van der Waals surface area contributed by atoms with Crippen LogP contribution in [0.25, 0.3) is 5.57 Å². The monoisotopic (exact) mass is 282 g/mol. The summed E-state index contributed by atoms with van der Waals surface area (Å²) in [6, 6.07) is 8.83. The fraction of sp³-hybridized carbons (Fsp3) is 0.400. The van der Waals surface area contributed by atoms with Gasteiger partial charge >= 0.3 is 5.97 Å². The van der Waals surface area contributed by atoms with Crippen molar-refractivity contribution < 1.29 is 25.2 Å². The van der Waals surface area contributed by atoms with Gasteiger partial charge in [0.2, 0.25) is 0 Å². The molecule has 1 rings (SSSR count). The van der Waals surface area contributed by atoms with Gasteiger partial charge in [0.1, 0.15) is 0 Å². The first kappa shape index (κ1) is 18.3. The molecule has 112 valence electrons. The van der Waals surface area contributed by atoms with Crippen molar-refractivity contribution in [3.8, 4) is 0 Å². The van der Waals surface area contributed by atoms with E-state index in [9.17, 15) is 4.79 Å². The molecule has 0 radical (unpaired) electrons. The summed E-state index contributed by atoms with van der Waals surface area (Å²) in [5.41, 5.74) is 0.116. The number of aliphatic hydroxyl groups is 3. The van der Waals surface area contributed by atoms with E-state index in [-0.39, 0.29) is 25.4 Å². The van der Waals surface area contributed by atoms with Crippen molar-refractivity contribution in [3.63, 3.8) is 0 Å². The zero-order valence-corrected chi connectivity index (χ0v) is 11.6. The number of hydrogen-bond acceptors (Lipinski definition) is 4. The van der Waals surface area contributed by atoms with Crippen molar-refractivity contribution in [1.29, 1.82) is 0 Å². The number of carboxylic acid groups (broad SMARTS) is 1. The molecule has 1 aromatic carbocycles. The quantitative estimate of drug-likeness (QED) is 0.587. The minimum absolute atomic E-state index is 0.130. The van der Waals surface area contributed by atoms with Gasteiger partial charge in [0.15, 0.2) is 0 Å². The van der Waals surface area contributed by atoms with Gasteiger partial charge in [-0.2, -0.15) is 0 Å². The van der Waals surface area contributed by atoms with Crippen LogP contribution in [-0.2, 0) is 4.79 Å². The van der Waals surface area contributed by atoms with E-state index in [0.717, 1.165) is 0 Å². The van der Waals surface area contributed by atoms with E-state index in [1.165, 1.54) is 0 Å². The summed E-state index contributed by atoms with van der Waals surface area (Å²) in [5.74, 6) is -0.976. The van der Waals surface area contributed by atoms with Gasteiger partial charge in [0.05, 0.1) is 25.4 Å². The van der Waals surface area contributed by atoms with E-state index >= 15 is 0 Å². The second kappa shape index (κ2) is 9.25. The van der Waals surface area contributed by atoms with E-state index < -0.39 is 11.4 Å². The summed E-state index contributed by atoms with van der Waals surface area (Å²) in [6.07, 6.45) is 0.594. The molecule has 0 unspecified atom stereocenters. The summed E-state index contributed by atoms with van der Waals surface area (Å²) in [4.78, 5) is 10.4. The van der Waals surface area contributed by atoms with Crippen LogP contribution in [-0.4, -0.2) is 46.2 Å². The van der Waals surface area contributed by atoms with Crippen LogP contribution in [0.2, 0.25) is 0 Å². The highest BCUT2D eigenvalue weighted by Crippen LogP contribution is 2.18. The molecule has 0 aromatic heterocycles. The molecule has 0 atom stereocenters. The van der Waals surface area contributed by atoms with E-state index in [0.29, 0.717) is 12.0 Å². The zero-order chi connectivity index (χ0) is 15.6. The first-order chi connectivity index (χ1) is 9.46. The summed E-state index contributed by atoms with van der Waals surface area (Å²) >= 11 is 0. The second-order valence-electron chi connectivity index (χ2n) is 4.48. The average Bonchev–Trinajstić information content (AvgIpc) is 2.51. The Morgan fingerprint density at radius 1 is 1.10 bits per heavy atom. The van der Waals surface area contributed by atoms with Crippen LogP contribution < -0.4 is 0 Å². The molecule has 0 bridgehead atoms. The highest BCUT2D eigenvalue weighted by atomic mass is 16.4. The molecule has 0 spiro atoms. The maximum Gasteiger partial charge on any atom is 0.335 e. The average molecular weight is 282 g/mol. The second-order valence-corrected chi connectivity index (χ2v) is 4.48. The standard InChI is InChI=1S/C9H8O2.C6H14O3/c1-7(9(10)11)8-5-3-2-4-6-8;1-2-6(3-7,4-8)5-9/h2-6H,1H2,(H,10,11);7-9H,2-5H2,1H3. The number of aliphatic hydroxyl groups excluding tert-OH is 3. The van der Waals surface area contributed by atoms with Crippen molar-refractivity contribution in [2.24, 2.45) is 5.41 Å². The van der Waals surface area contributed by atoms with Gasteiger partial charge in [0.25, 0.3) is 0 Å². The Morgan fingerprint density at radius 2 is 1.55 bits per heavy atom. The topological polar surface area (TPSA) is 98.0 Å². The van der Waals surface area contributed by atoms with Gasteiger partial charge in [-0.15, -0.1) is 0 Å².